The lowest BCUT2D eigenvalue weighted by atomic mass is 9.73. The van der Waals surface area contributed by atoms with Crippen LogP contribution >= 0.6 is 23.2 Å². The number of nitrogens with zero attached hydrogens (tertiary/aromatic N) is 1. The molecule has 2 aliphatic heterocycles. The number of carbonyl (C=O) groups is 1. The molecule has 0 aromatic heterocycles. The molecule has 2 aliphatic rings. The van der Waals surface area contributed by atoms with Crippen molar-refractivity contribution in [3.63, 3.8) is 0 Å². The first kappa shape index (κ1) is 17.7. The van der Waals surface area contributed by atoms with Gasteiger partial charge < -0.3 is 4.74 Å². The maximum Gasteiger partial charge on any atom is 0.257 e. The van der Waals surface area contributed by atoms with Crippen LogP contribution in [0.15, 0.2) is 42.5 Å². The second kappa shape index (κ2) is 6.76. The largest absolute Gasteiger partial charge is 0.490 e. The number of carbonyl (C=O) groups excluding carboxylic acids is 1. The highest BCUT2D eigenvalue weighted by molar-refractivity contribution is 6.42. The van der Waals surface area contributed by atoms with E-state index in [0.29, 0.717) is 41.8 Å². The summed E-state index contributed by atoms with van der Waals surface area (Å²) in [4.78, 5) is 19.1. The summed E-state index contributed by atoms with van der Waals surface area (Å²) in [5, 5.41) is 2.34. The van der Waals surface area contributed by atoms with Gasteiger partial charge in [-0.25, -0.2) is 5.06 Å². The van der Waals surface area contributed by atoms with Crippen molar-refractivity contribution < 1.29 is 14.4 Å². The number of hydroxylamine groups is 2. The lowest BCUT2D eigenvalue weighted by Gasteiger charge is -2.37. The summed E-state index contributed by atoms with van der Waals surface area (Å²) in [5.74, 6) is 0.597. The van der Waals surface area contributed by atoms with Gasteiger partial charge in [0.1, 0.15) is 12.4 Å². The normalized spacial score (nSPS) is 24.7. The molecule has 2 atom stereocenters. The number of rotatable bonds is 3. The van der Waals surface area contributed by atoms with Crippen LogP contribution in [0.25, 0.3) is 0 Å². The van der Waals surface area contributed by atoms with Crippen molar-refractivity contribution in [1.82, 2.24) is 5.06 Å². The predicted octanol–water partition coefficient (Wildman–Crippen LogP) is 4.77. The minimum atomic E-state index is -0.669. The SMILES string of the molecule is CC1CC2(CCN(OCc3ccccc3)C2=O)c2cc(Cl)c(Cl)cc2O1. The van der Waals surface area contributed by atoms with Gasteiger partial charge in [-0.15, -0.1) is 0 Å². The predicted molar refractivity (Wildman–Crippen MR) is 100 cm³/mol. The van der Waals surface area contributed by atoms with Crippen LogP contribution in [0.5, 0.6) is 5.75 Å². The molecule has 2 aromatic rings. The molecule has 0 bridgehead atoms. The molecular formula is C20H19Cl2NO3. The molecule has 2 heterocycles. The summed E-state index contributed by atoms with van der Waals surface area (Å²) < 4.78 is 5.91. The summed E-state index contributed by atoms with van der Waals surface area (Å²) >= 11 is 12.4. The molecule has 6 heteroatoms. The fourth-order valence-corrected chi connectivity index (χ4v) is 4.21. The van der Waals surface area contributed by atoms with Gasteiger partial charge in [0.05, 0.1) is 28.1 Å². The van der Waals surface area contributed by atoms with Crippen LogP contribution in [0.4, 0.5) is 0 Å². The Kier molecular flexibility index (Phi) is 4.59. The Hall–Kier alpha value is -1.75. The van der Waals surface area contributed by atoms with Crippen molar-refractivity contribution >= 4 is 29.1 Å². The third-order valence-corrected chi connectivity index (χ3v) is 5.83. The van der Waals surface area contributed by atoms with E-state index in [2.05, 4.69) is 0 Å². The van der Waals surface area contributed by atoms with Gasteiger partial charge in [-0.1, -0.05) is 53.5 Å². The molecule has 0 saturated carbocycles. The van der Waals surface area contributed by atoms with E-state index >= 15 is 0 Å². The van der Waals surface area contributed by atoms with Crippen molar-refractivity contribution in [3.05, 3.63) is 63.6 Å². The van der Waals surface area contributed by atoms with E-state index in [0.717, 1.165) is 11.1 Å². The summed E-state index contributed by atoms with van der Waals surface area (Å²) in [6.45, 7) is 2.87. The standard InChI is InChI=1S/C20H19Cl2NO3/c1-13-11-20(15-9-16(21)17(22)10-18(15)26-13)7-8-23(19(20)24)25-12-14-5-3-2-4-6-14/h2-6,9-10,13H,7-8,11-12H2,1H3. The highest BCUT2D eigenvalue weighted by atomic mass is 35.5. The van der Waals surface area contributed by atoms with E-state index in [9.17, 15) is 4.79 Å². The van der Waals surface area contributed by atoms with Gasteiger partial charge in [-0.3, -0.25) is 9.63 Å². The quantitative estimate of drug-likeness (QED) is 0.756. The minimum Gasteiger partial charge on any atom is -0.490 e. The van der Waals surface area contributed by atoms with Crippen molar-refractivity contribution in [2.75, 3.05) is 6.54 Å². The van der Waals surface area contributed by atoms with E-state index in [1.54, 1.807) is 12.1 Å². The smallest absolute Gasteiger partial charge is 0.257 e. The molecule has 0 N–H and O–H groups in total. The number of ether oxygens (including phenoxy) is 1. The third kappa shape index (κ3) is 2.96. The minimum absolute atomic E-state index is 0.0387. The number of benzene rings is 2. The van der Waals surface area contributed by atoms with Gasteiger partial charge in [0, 0.05) is 18.1 Å². The molecule has 26 heavy (non-hydrogen) atoms. The van der Waals surface area contributed by atoms with Crippen molar-refractivity contribution in [3.8, 4) is 5.75 Å². The monoisotopic (exact) mass is 391 g/mol. The number of amides is 1. The molecule has 2 unspecified atom stereocenters. The zero-order valence-corrected chi connectivity index (χ0v) is 15.9. The molecule has 1 saturated heterocycles. The van der Waals surface area contributed by atoms with Gasteiger partial charge in [-0.05, 0) is 25.0 Å². The Morgan fingerprint density at radius 1 is 1.23 bits per heavy atom. The number of hydrogen-bond acceptors (Lipinski definition) is 3. The molecule has 4 rings (SSSR count). The van der Waals surface area contributed by atoms with Crippen LogP contribution in [0.1, 0.15) is 30.9 Å². The highest BCUT2D eigenvalue weighted by Crippen LogP contribution is 2.49. The second-order valence-electron chi connectivity index (χ2n) is 6.89. The van der Waals surface area contributed by atoms with E-state index in [1.165, 1.54) is 5.06 Å². The lowest BCUT2D eigenvalue weighted by molar-refractivity contribution is -0.186. The summed E-state index contributed by atoms with van der Waals surface area (Å²) in [7, 11) is 0. The summed E-state index contributed by atoms with van der Waals surface area (Å²) in [6.07, 6.45) is 1.18. The summed E-state index contributed by atoms with van der Waals surface area (Å²) in [5.41, 5.74) is 1.16. The molecule has 0 radical (unpaired) electrons. The average molecular weight is 392 g/mol. The number of fused-ring (bicyclic) bond motifs is 2. The van der Waals surface area contributed by atoms with Crippen LogP contribution in [-0.4, -0.2) is 23.6 Å². The average Bonchev–Trinajstić information content (AvgIpc) is 2.92. The van der Waals surface area contributed by atoms with Crippen LogP contribution < -0.4 is 4.74 Å². The van der Waals surface area contributed by atoms with Crippen molar-refractivity contribution in [2.24, 2.45) is 0 Å². The topological polar surface area (TPSA) is 38.8 Å². The Morgan fingerprint density at radius 3 is 2.73 bits per heavy atom. The molecular weight excluding hydrogens is 373 g/mol. The molecule has 1 fully saturated rings. The lowest BCUT2D eigenvalue weighted by Crippen LogP contribution is -2.44. The number of hydrogen-bond donors (Lipinski definition) is 0. The van der Waals surface area contributed by atoms with Gasteiger partial charge in [0.2, 0.25) is 0 Å². The van der Waals surface area contributed by atoms with E-state index < -0.39 is 5.41 Å². The van der Waals surface area contributed by atoms with E-state index in [1.807, 2.05) is 37.3 Å². The first-order valence-corrected chi connectivity index (χ1v) is 9.40. The number of halogens is 2. The second-order valence-corrected chi connectivity index (χ2v) is 7.71. The first-order valence-electron chi connectivity index (χ1n) is 8.64. The third-order valence-electron chi connectivity index (χ3n) is 5.11. The van der Waals surface area contributed by atoms with Gasteiger partial charge in [0.25, 0.3) is 5.91 Å². The molecule has 4 nitrogen and oxygen atoms in total. The van der Waals surface area contributed by atoms with Crippen molar-refractivity contribution in [2.45, 2.75) is 37.9 Å². The Labute approximate surface area is 162 Å². The van der Waals surface area contributed by atoms with Gasteiger partial charge in [0.15, 0.2) is 0 Å². The molecule has 2 aromatic carbocycles. The molecule has 1 amide bonds. The van der Waals surface area contributed by atoms with Gasteiger partial charge >= 0.3 is 0 Å². The fourth-order valence-electron chi connectivity index (χ4n) is 3.89. The van der Waals surface area contributed by atoms with Crippen LogP contribution in [-0.2, 0) is 21.7 Å². The fraction of sp³-hybridized carbons (Fsp3) is 0.350. The zero-order chi connectivity index (χ0) is 18.3. The first-order chi connectivity index (χ1) is 12.5. The van der Waals surface area contributed by atoms with E-state index in [-0.39, 0.29) is 12.0 Å². The zero-order valence-electron chi connectivity index (χ0n) is 14.4. The van der Waals surface area contributed by atoms with Crippen molar-refractivity contribution in [1.29, 1.82) is 0 Å². The Bertz CT molecular complexity index is 842. The molecule has 1 spiro atoms. The highest BCUT2D eigenvalue weighted by Gasteiger charge is 2.53. The summed E-state index contributed by atoms with van der Waals surface area (Å²) in [6, 6.07) is 13.3. The van der Waals surface area contributed by atoms with Gasteiger partial charge in [-0.2, -0.15) is 0 Å². The van der Waals surface area contributed by atoms with Crippen LogP contribution in [0.2, 0.25) is 10.0 Å². The maximum absolute atomic E-state index is 13.3. The molecule has 136 valence electrons. The van der Waals surface area contributed by atoms with Crippen LogP contribution in [0, 0.1) is 0 Å². The Balaban J connectivity index is 1.61. The van der Waals surface area contributed by atoms with E-state index in [4.69, 9.17) is 32.8 Å². The van der Waals surface area contributed by atoms with Crippen LogP contribution in [0.3, 0.4) is 0 Å². The maximum atomic E-state index is 13.3. The molecule has 0 aliphatic carbocycles. The Morgan fingerprint density at radius 2 is 1.96 bits per heavy atom.